The van der Waals surface area contributed by atoms with E-state index in [2.05, 4.69) is 36.7 Å². The molecule has 0 aromatic rings. The predicted octanol–water partition coefficient (Wildman–Crippen LogP) is 3.17. The maximum absolute atomic E-state index is 3.49. The van der Waals surface area contributed by atoms with Gasteiger partial charge < -0.3 is 16.0 Å². The van der Waals surface area contributed by atoms with Gasteiger partial charge in [0, 0.05) is 6.54 Å². The van der Waals surface area contributed by atoms with E-state index in [1.807, 2.05) is 0 Å². The zero-order chi connectivity index (χ0) is 10.6. The van der Waals surface area contributed by atoms with Crippen LogP contribution in [0.25, 0.3) is 0 Å². The quantitative estimate of drug-likeness (QED) is 0.210. The molecule has 0 aliphatic heterocycles. The molecule has 0 bridgehead atoms. The van der Waals surface area contributed by atoms with Crippen molar-refractivity contribution in [1.82, 2.24) is 16.0 Å². The Labute approximate surface area is 158 Å². The van der Waals surface area contributed by atoms with E-state index >= 15 is 0 Å². The Kier molecular flexibility index (Phi) is 37.4. The molecule has 0 fully saturated rings. The van der Waals surface area contributed by atoms with Crippen molar-refractivity contribution < 1.29 is 0 Å². The summed E-state index contributed by atoms with van der Waals surface area (Å²) in [5.41, 5.74) is 0. The summed E-state index contributed by atoms with van der Waals surface area (Å²) in [7, 11) is 0. The summed E-state index contributed by atoms with van der Waals surface area (Å²) in [5.74, 6) is 0. The van der Waals surface area contributed by atoms with Gasteiger partial charge in [0.15, 0.2) is 0 Å². The maximum atomic E-state index is 3.49. The molecule has 0 atom stereocenters. The van der Waals surface area contributed by atoms with E-state index in [1.54, 1.807) is 0 Å². The molecule has 0 saturated carbocycles. The van der Waals surface area contributed by atoms with Crippen molar-refractivity contribution in [2.24, 2.45) is 0 Å². The Morgan fingerprint density at radius 2 is 1.12 bits per heavy atom. The molecule has 110 valence electrons. The highest BCUT2D eigenvalue weighted by Crippen LogP contribution is 1.81. The first-order chi connectivity index (χ1) is 6.85. The smallest absolute Gasteiger partial charge is 0.0700 e. The zero-order valence-corrected chi connectivity index (χ0v) is 18.2. The second-order valence-electron chi connectivity index (χ2n) is 3.66. The van der Waals surface area contributed by atoms with Crippen LogP contribution in [0.4, 0.5) is 0 Å². The molecule has 0 radical (unpaired) electrons. The first-order valence-corrected chi connectivity index (χ1v) is 6.02. The summed E-state index contributed by atoms with van der Waals surface area (Å²) in [6, 6.07) is 0. The van der Waals surface area contributed by atoms with Crippen LogP contribution in [0.3, 0.4) is 0 Å². The van der Waals surface area contributed by atoms with Gasteiger partial charge in [-0.25, -0.2) is 0 Å². The second-order valence-corrected chi connectivity index (χ2v) is 3.66. The van der Waals surface area contributed by atoms with Crippen molar-refractivity contribution >= 4 is 71.9 Å². The van der Waals surface area contributed by atoms with Crippen molar-refractivity contribution in [3.05, 3.63) is 0 Å². The largest absolute Gasteiger partial charge is 0.314 e. The number of rotatable bonds is 10. The molecule has 0 unspecified atom stereocenters. The predicted molar refractivity (Wildman–Crippen MR) is 110 cm³/mol. The van der Waals surface area contributed by atoms with E-state index in [-0.39, 0.29) is 71.9 Å². The summed E-state index contributed by atoms with van der Waals surface area (Å²) < 4.78 is 0. The average Bonchev–Trinajstić information content (AvgIpc) is 2.21. The van der Waals surface area contributed by atoms with Crippen LogP contribution in [0.2, 0.25) is 0 Å². The van der Waals surface area contributed by atoms with E-state index in [4.69, 9.17) is 0 Å². The van der Waals surface area contributed by atoms with E-state index < -0.39 is 0 Å². The van der Waals surface area contributed by atoms with Crippen LogP contribution in [0.1, 0.15) is 40.0 Å². The molecule has 0 aliphatic carbocycles. The van der Waals surface area contributed by atoms with Crippen LogP contribution in [-0.2, 0) is 0 Å². The zero-order valence-electron chi connectivity index (χ0n) is 11.3. The highest BCUT2D eigenvalue weighted by atomic mass is 127. The van der Waals surface area contributed by atoms with Crippen molar-refractivity contribution in [2.75, 3.05) is 26.2 Å². The normalized spacial score (nSPS) is 9.18. The number of nitrogens with one attached hydrogen (secondary N) is 3. The van der Waals surface area contributed by atoms with E-state index in [1.165, 1.54) is 19.3 Å². The molecule has 0 heterocycles. The van der Waals surface area contributed by atoms with E-state index in [9.17, 15) is 0 Å². The van der Waals surface area contributed by atoms with Gasteiger partial charge in [0.2, 0.25) is 0 Å². The maximum Gasteiger partial charge on any atom is 0.0700 e. The molecule has 3 nitrogen and oxygen atoms in total. The van der Waals surface area contributed by atoms with Crippen molar-refractivity contribution in [3.8, 4) is 0 Å². The van der Waals surface area contributed by atoms with Gasteiger partial charge in [-0.2, -0.15) is 0 Å². The molecule has 0 aromatic carbocycles. The van der Waals surface area contributed by atoms with Gasteiger partial charge in [-0.05, 0) is 38.9 Å². The Balaban J connectivity index is -0.000000282. The first kappa shape index (κ1) is 27.4. The van der Waals surface area contributed by atoms with E-state index in [0.717, 1.165) is 26.2 Å². The molecule has 0 saturated heterocycles. The molecule has 17 heavy (non-hydrogen) atoms. The van der Waals surface area contributed by atoms with Crippen LogP contribution in [0.5, 0.6) is 0 Å². The molecular formula is C11H30I3N3. The molecule has 3 N–H and O–H groups in total. The van der Waals surface area contributed by atoms with Gasteiger partial charge >= 0.3 is 0 Å². The SMILES string of the molecule is CCCNCC(NCCC)NCCC.I.I.I. The molecule has 0 aliphatic rings. The summed E-state index contributed by atoms with van der Waals surface area (Å²) in [6.45, 7) is 10.9. The number of hydrogen-bond acceptors (Lipinski definition) is 3. The van der Waals surface area contributed by atoms with Crippen LogP contribution < -0.4 is 16.0 Å². The van der Waals surface area contributed by atoms with Gasteiger partial charge in [0.25, 0.3) is 0 Å². The highest BCUT2D eigenvalue weighted by Gasteiger charge is 2.03. The lowest BCUT2D eigenvalue weighted by atomic mass is 10.3. The van der Waals surface area contributed by atoms with Gasteiger partial charge in [-0.1, -0.05) is 20.8 Å². The third-order valence-electron chi connectivity index (χ3n) is 2.06. The lowest BCUT2D eigenvalue weighted by molar-refractivity contribution is 0.402. The van der Waals surface area contributed by atoms with E-state index in [0.29, 0.717) is 6.17 Å². The summed E-state index contributed by atoms with van der Waals surface area (Å²) >= 11 is 0. The minimum Gasteiger partial charge on any atom is -0.314 e. The standard InChI is InChI=1S/C11H27N3.3HI/c1-4-7-12-10-11(13-8-5-2)14-9-6-3;;;/h11-14H,4-10H2,1-3H3;3*1H. The highest BCUT2D eigenvalue weighted by molar-refractivity contribution is 14.0. The fraction of sp³-hybridized carbons (Fsp3) is 1.00. The van der Waals surface area contributed by atoms with Crippen molar-refractivity contribution in [3.63, 3.8) is 0 Å². The second kappa shape index (κ2) is 23.2. The number of hydrogen-bond donors (Lipinski definition) is 3. The van der Waals surface area contributed by atoms with Crippen LogP contribution in [0.15, 0.2) is 0 Å². The minimum atomic E-state index is 0. The van der Waals surface area contributed by atoms with Crippen LogP contribution in [-0.4, -0.2) is 32.3 Å². The summed E-state index contributed by atoms with van der Waals surface area (Å²) in [6.07, 6.45) is 4.02. The molecule has 0 aromatic heterocycles. The average molecular weight is 585 g/mol. The Morgan fingerprint density at radius 3 is 1.47 bits per heavy atom. The van der Waals surface area contributed by atoms with Gasteiger partial charge in [0.05, 0.1) is 6.17 Å². The Hall–Kier alpha value is 2.07. The molecule has 0 spiro atoms. The third-order valence-corrected chi connectivity index (χ3v) is 2.06. The molecule has 0 rings (SSSR count). The monoisotopic (exact) mass is 585 g/mol. The molecule has 0 amide bonds. The van der Waals surface area contributed by atoms with Crippen LogP contribution in [0, 0.1) is 0 Å². The minimum absolute atomic E-state index is 0. The fourth-order valence-electron chi connectivity index (χ4n) is 1.28. The Morgan fingerprint density at radius 1 is 0.706 bits per heavy atom. The number of halogens is 3. The first-order valence-electron chi connectivity index (χ1n) is 6.02. The topological polar surface area (TPSA) is 36.1 Å². The lowest BCUT2D eigenvalue weighted by Gasteiger charge is -2.20. The van der Waals surface area contributed by atoms with Gasteiger partial charge in [-0.3, -0.25) is 0 Å². The molecule has 6 heteroatoms. The van der Waals surface area contributed by atoms with Gasteiger partial charge in [0.1, 0.15) is 0 Å². The van der Waals surface area contributed by atoms with Gasteiger partial charge in [-0.15, -0.1) is 71.9 Å². The Bertz CT molecular complexity index is 110. The van der Waals surface area contributed by atoms with Crippen molar-refractivity contribution in [2.45, 2.75) is 46.2 Å². The summed E-state index contributed by atoms with van der Waals surface area (Å²) in [5, 5.41) is 10.4. The van der Waals surface area contributed by atoms with Crippen molar-refractivity contribution in [1.29, 1.82) is 0 Å². The fourth-order valence-corrected chi connectivity index (χ4v) is 1.28. The van der Waals surface area contributed by atoms with Crippen LogP contribution >= 0.6 is 71.9 Å². The third kappa shape index (κ3) is 20.5. The summed E-state index contributed by atoms with van der Waals surface area (Å²) in [4.78, 5) is 0. The lowest BCUT2D eigenvalue weighted by Crippen LogP contribution is -2.49. The molecular weight excluding hydrogens is 555 g/mol.